The van der Waals surface area contributed by atoms with Crippen molar-refractivity contribution >= 4 is 29.5 Å². The molecule has 0 spiro atoms. The first-order valence-electron chi connectivity index (χ1n) is 7.46. The van der Waals surface area contributed by atoms with Crippen molar-refractivity contribution in [2.75, 3.05) is 12.4 Å². The van der Waals surface area contributed by atoms with Crippen LogP contribution in [0.3, 0.4) is 0 Å². The highest BCUT2D eigenvalue weighted by atomic mass is 32.2. The smallest absolute Gasteiger partial charge is 0.352 e. The number of β-lactam (4-membered cyclic amide) rings is 1. The van der Waals surface area contributed by atoms with Gasteiger partial charge in [0.15, 0.2) is 6.61 Å². The maximum Gasteiger partial charge on any atom is 0.352 e. The second kappa shape index (κ2) is 7.38. The number of ether oxygens (including phenoxy) is 1. The molecule has 0 aliphatic carbocycles. The molecule has 0 aromatic heterocycles. The number of rotatable bonds is 6. The summed E-state index contributed by atoms with van der Waals surface area (Å²) in [5.74, 6) is -1.77. The predicted octanol–water partition coefficient (Wildman–Crippen LogP) is 1.07. The molecule has 1 aromatic rings. The van der Waals surface area contributed by atoms with Crippen LogP contribution in [-0.4, -0.2) is 51.6 Å². The van der Waals surface area contributed by atoms with Gasteiger partial charge in [0, 0.05) is 10.7 Å². The summed E-state index contributed by atoms with van der Waals surface area (Å²) in [6, 6.07) is 7.88. The van der Waals surface area contributed by atoms with E-state index < -0.39 is 29.2 Å². The highest BCUT2D eigenvalue weighted by Crippen LogP contribution is 2.40. The Bertz CT molecular complexity index is 836. The van der Waals surface area contributed by atoms with E-state index in [0.717, 1.165) is 4.90 Å². The lowest BCUT2D eigenvalue weighted by Gasteiger charge is -2.49. The lowest BCUT2D eigenvalue weighted by molar-refractivity contribution is -0.151. The largest absolute Gasteiger partial charge is 0.484 e. The van der Waals surface area contributed by atoms with Gasteiger partial charge in [-0.3, -0.25) is 14.5 Å². The van der Waals surface area contributed by atoms with Gasteiger partial charge >= 0.3 is 5.97 Å². The third kappa shape index (κ3) is 3.30. The van der Waals surface area contributed by atoms with Crippen LogP contribution in [0, 0.1) is 0 Å². The number of benzene rings is 1. The van der Waals surface area contributed by atoms with E-state index in [0.29, 0.717) is 5.75 Å². The van der Waals surface area contributed by atoms with Crippen LogP contribution >= 0.6 is 11.8 Å². The minimum absolute atomic E-state index is 0.0215. The Morgan fingerprint density at radius 2 is 2.15 bits per heavy atom. The molecule has 0 unspecified atom stereocenters. The molecule has 134 valence electrons. The van der Waals surface area contributed by atoms with Crippen molar-refractivity contribution in [3.8, 4) is 5.75 Å². The summed E-state index contributed by atoms with van der Waals surface area (Å²) >= 11 is 1.21. The molecule has 2 aliphatic rings. The maximum atomic E-state index is 12.3. The number of carbonyl (C=O) groups is 3. The molecule has 2 aliphatic heterocycles. The molecule has 2 atom stereocenters. The summed E-state index contributed by atoms with van der Waals surface area (Å²) in [4.78, 5) is 39.3. The summed E-state index contributed by atoms with van der Waals surface area (Å²) < 4.78 is 5.31. The van der Waals surface area contributed by atoms with Gasteiger partial charge in [-0.2, -0.15) is 0 Å². The van der Waals surface area contributed by atoms with E-state index in [9.17, 15) is 19.5 Å². The summed E-state index contributed by atoms with van der Waals surface area (Å²) in [7, 11) is 0. The maximum absolute atomic E-state index is 12.3. The highest BCUT2D eigenvalue weighted by molar-refractivity contribution is 8.00. The second-order valence-corrected chi connectivity index (χ2v) is 6.45. The zero-order valence-corrected chi connectivity index (χ0v) is 14.0. The number of aliphatic carboxylic acids is 1. The van der Waals surface area contributed by atoms with E-state index in [-0.39, 0.29) is 23.8 Å². The number of nitrogens with one attached hydrogen (secondary N) is 1. The first-order chi connectivity index (χ1) is 12.5. The number of carbonyl (C=O) groups excluding carboxylic acids is 2. The van der Waals surface area contributed by atoms with Crippen LogP contribution in [-0.2, 0) is 14.4 Å². The summed E-state index contributed by atoms with van der Waals surface area (Å²) in [6.45, 7) is -0.267. The Balaban J connectivity index is 1.64. The molecule has 0 radical (unpaired) electrons. The third-order valence-electron chi connectivity index (χ3n) is 3.75. The van der Waals surface area contributed by atoms with E-state index in [4.69, 9.17) is 10.3 Å². The number of azide groups is 1. The van der Waals surface area contributed by atoms with E-state index in [1.54, 1.807) is 24.3 Å². The van der Waals surface area contributed by atoms with Crippen LogP contribution < -0.4 is 10.1 Å². The monoisotopic (exact) mass is 375 g/mol. The van der Waals surface area contributed by atoms with Gasteiger partial charge in [0.05, 0.1) is 5.70 Å². The average molecular weight is 375 g/mol. The molecule has 1 aromatic carbocycles. The molecule has 1 fully saturated rings. The normalized spacial score (nSPS) is 21.2. The Morgan fingerprint density at radius 3 is 2.81 bits per heavy atom. The summed E-state index contributed by atoms with van der Waals surface area (Å²) in [6.07, 6.45) is 0. The van der Waals surface area contributed by atoms with Crippen molar-refractivity contribution in [3.63, 3.8) is 0 Å². The van der Waals surface area contributed by atoms with Crippen molar-refractivity contribution in [1.82, 2.24) is 10.2 Å². The fourth-order valence-corrected chi connectivity index (χ4v) is 3.87. The van der Waals surface area contributed by atoms with Crippen LogP contribution in [0.2, 0.25) is 0 Å². The van der Waals surface area contributed by atoms with Gasteiger partial charge in [0.25, 0.3) is 11.8 Å². The molecule has 1 saturated heterocycles. The van der Waals surface area contributed by atoms with Crippen LogP contribution in [0.4, 0.5) is 0 Å². The number of para-hydroxylation sites is 1. The Morgan fingerprint density at radius 1 is 1.42 bits per heavy atom. The lowest BCUT2D eigenvalue weighted by atomic mass is 10.0. The van der Waals surface area contributed by atoms with Gasteiger partial charge < -0.3 is 15.2 Å². The zero-order valence-electron chi connectivity index (χ0n) is 13.2. The van der Waals surface area contributed by atoms with Crippen molar-refractivity contribution < 1.29 is 24.2 Å². The van der Waals surface area contributed by atoms with Gasteiger partial charge in [0.1, 0.15) is 22.9 Å². The Labute approximate surface area is 151 Å². The topological polar surface area (TPSA) is 145 Å². The quantitative estimate of drug-likeness (QED) is 0.329. The summed E-state index contributed by atoms with van der Waals surface area (Å²) in [5, 5.41) is 14.6. The fourth-order valence-electron chi connectivity index (χ4n) is 2.61. The number of amides is 2. The molecule has 2 amide bonds. The first-order valence-corrected chi connectivity index (χ1v) is 8.51. The minimum Gasteiger partial charge on any atom is -0.484 e. The molecule has 0 bridgehead atoms. The number of carboxylic acid groups (broad SMARTS) is 1. The molecule has 10 nitrogen and oxygen atoms in total. The van der Waals surface area contributed by atoms with Gasteiger partial charge in [-0.15, -0.1) is 11.8 Å². The second-order valence-electron chi connectivity index (χ2n) is 5.35. The number of hydrogen-bond acceptors (Lipinski definition) is 6. The van der Waals surface area contributed by atoms with Crippen LogP contribution in [0.5, 0.6) is 5.75 Å². The number of nitrogens with zero attached hydrogens (tertiary/aromatic N) is 4. The lowest BCUT2D eigenvalue weighted by Crippen LogP contribution is -2.70. The predicted molar refractivity (Wildman–Crippen MR) is 90.8 cm³/mol. The molecule has 3 rings (SSSR count). The van der Waals surface area contributed by atoms with Crippen LogP contribution in [0.1, 0.15) is 0 Å². The van der Waals surface area contributed by atoms with E-state index in [1.165, 1.54) is 11.8 Å². The minimum atomic E-state index is -1.36. The first kappa shape index (κ1) is 17.6. The van der Waals surface area contributed by atoms with E-state index in [2.05, 4.69) is 15.3 Å². The molecule has 11 heteroatoms. The SMILES string of the molecule is [N-]=[N+]=NC1=C(C(=O)O)N2C(=O)[C@@H](NC(=O)COc3ccccc3)[C@H]2SC1. The molecular weight excluding hydrogens is 362 g/mol. The van der Waals surface area contributed by atoms with Crippen LogP contribution in [0.15, 0.2) is 46.8 Å². The van der Waals surface area contributed by atoms with Gasteiger partial charge in [0.2, 0.25) is 0 Å². The third-order valence-corrected chi connectivity index (χ3v) is 5.01. The van der Waals surface area contributed by atoms with Gasteiger partial charge in [-0.25, -0.2) is 4.79 Å². The zero-order chi connectivity index (χ0) is 18.7. The van der Waals surface area contributed by atoms with Crippen molar-refractivity contribution in [1.29, 1.82) is 0 Å². The average Bonchev–Trinajstić information content (AvgIpc) is 2.65. The number of hydrogen-bond donors (Lipinski definition) is 2. The molecule has 0 saturated carbocycles. The van der Waals surface area contributed by atoms with Gasteiger partial charge in [-0.1, -0.05) is 23.3 Å². The number of carboxylic acids is 1. The van der Waals surface area contributed by atoms with Gasteiger partial charge in [-0.05, 0) is 17.7 Å². The molecule has 2 N–H and O–H groups in total. The van der Waals surface area contributed by atoms with E-state index >= 15 is 0 Å². The number of thioether (sulfide) groups is 1. The van der Waals surface area contributed by atoms with E-state index in [1.807, 2.05) is 6.07 Å². The molecular formula is C15H13N5O5S. The molecule has 26 heavy (non-hydrogen) atoms. The van der Waals surface area contributed by atoms with Crippen molar-refractivity contribution in [3.05, 3.63) is 52.2 Å². The van der Waals surface area contributed by atoms with Crippen molar-refractivity contribution in [2.24, 2.45) is 5.11 Å². The standard InChI is InChI=1S/C15H13N5O5S/c16-19-18-9-7-26-14-11(13(22)20(14)12(9)15(23)24)17-10(21)6-25-8-4-2-1-3-5-8/h1-5,11,14H,6-7H2,(H,17,21)(H,23,24)/t11-,14-/m1/s1. The molecule has 2 heterocycles. The summed E-state index contributed by atoms with van der Waals surface area (Å²) in [5.41, 5.74) is 8.16. The Kier molecular flexibility index (Phi) is 5.01. The van der Waals surface area contributed by atoms with Crippen LogP contribution in [0.25, 0.3) is 10.4 Å². The fraction of sp³-hybridized carbons (Fsp3) is 0.267. The Hall–Kier alpha value is -3.17. The number of fused-ring (bicyclic) bond motifs is 1. The highest BCUT2D eigenvalue weighted by Gasteiger charge is 2.54. The van der Waals surface area contributed by atoms with Crippen molar-refractivity contribution in [2.45, 2.75) is 11.4 Å².